The van der Waals surface area contributed by atoms with Crippen molar-refractivity contribution in [2.75, 3.05) is 16.4 Å². The van der Waals surface area contributed by atoms with Gasteiger partial charge in [0, 0.05) is 17.6 Å². The first-order valence-corrected chi connectivity index (χ1v) is 8.13. The average Bonchev–Trinajstić information content (AvgIpc) is 2.84. The standard InChI is InChI=1S/C12H14ClN3O3S/c13-6-1-7-20(18,19)16-10-4-2-9(3-5-10)11-8-12(17)15-14-11/h2-5,8,16H,1,6-7H2,(H2,14,15,17). The first kappa shape index (κ1) is 14.7. The molecule has 0 radical (unpaired) electrons. The van der Waals surface area contributed by atoms with Crippen LogP contribution in [0.1, 0.15) is 6.42 Å². The maximum atomic E-state index is 11.7. The average molecular weight is 316 g/mol. The molecule has 0 saturated carbocycles. The lowest BCUT2D eigenvalue weighted by Gasteiger charge is -2.07. The van der Waals surface area contributed by atoms with Crippen molar-refractivity contribution in [2.45, 2.75) is 6.42 Å². The number of aromatic amines is 2. The molecule has 0 atom stereocenters. The lowest BCUT2D eigenvalue weighted by molar-refractivity contribution is 0.600. The summed E-state index contributed by atoms with van der Waals surface area (Å²) >= 11 is 5.48. The molecule has 20 heavy (non-hydrogen) atoms. The molecule has 8 heteroatoms. The highest BCUT2D eigenvalue weighted by atomic mass is 35.5. The van der Waals surface area contributed by atoms with Gasteiger partial charge in [-0.2, -0.15) is 0 Å². The number of hydrogen-bond donors (Lipinski definition) is 3. The molecule has 108 valence electrons. The number of benzene rings is 1. The zero-order chi connectivity index (χ0) is 14.6. The fourth-order valence-electron chi connectivity index (χ4n) is 1.68. The van der Waals surface area contributed by atoms with Crippen molar-refractivity contribution in [1.29, 1.82) is 0 Å². The van der Waals surface area contributed by atoms with E-state index < -0.39 is 10.0 Å². The fraction of sp³-hybridized carbons (Fsp3) is 0.250. The van der Waals surface area contributed by atoms with Gasteiger partial charge in [0.2, 0.25) is 10.0 Å². The van der Waals surface area contributed by atoms with Gasteiger partial charge >= 0.3 is 0 Å². The van der Waals surface area contributed by atoms with E-state index in [-0.39, 0.29) is 11.3 Å². The number of anilines is 1. The van der Waals surface area contributed by atoms with Gasteiger partial charge in [0.25, 0.3) is 5.56 Å². The zero-order valence-electron chi connectivity index (χ0n) is 10.5. The second-order valence-electron chi connectivity index (χ2n) is 4.21. The Morgan fingerprint density at radius 3 is 2.40 bits per heavy atom. The van der Waals surface area contributed by atoms with Gasteiger partial charge in [-0.3, -0.25) is 19.7 Å². The van der Waals surface area contributed by atoms with Crippen LogP contribution in [0, 0.1) is 0 Å². The molecule has 1 aromatic heterocycles. The summed E-state index contributed by atoms with van der Waals surface area (Å²) in [5, 5.41) is 5.17. The highest BCUT2D eigenvalue weighted by Gasteiger charge is 2.09. The minimum atomic E-state index is -3.37. The van der Waals surface area contributed by atoms with E-state index in [4.69, 9.17) is 11.6 Å². The molecule has 0 spiro atoms. The van der Waals surface area contributed by atoms with Gasteiger partial charge in [-0.15, -0.1) is 11.6 Å². The topological polar surface area (TPSA) is 94.8 Å². The molecule has 0 aliphatic carbocycles. The first-order chi connectivity index (χ1) is 9.50. The molecule has 0 fully saturated rings. The molecular weight excluding hydrogens is 302 g/mol. The zero-order valence-corrected chi connectivity index (χ0v) is 12.1. The monoisotopic (exact) mass is 315 g/mol. The predicted octanol–water partition coefficient (Wildman–Crippen LogP) is 1.74. The number of halogens is 1. The number of hydrogen-bond acceptors (Lipinski definition) is 3. The summed E-state index contributed by atoms with van der Waals surface area (Å²) in [4.78, 5) is 11.0. The van der Waals surface area contributed by atoms with Crippen molar-refractivity contribution in [1.82, 2.24) is 10.2 Å². The van der Waals surface area contributed by atoms with Gasteiger partial charge in [0.1, 0.15) is 0 Å². The Hall–Kier alpha value is -1.73. The molecule has 0 amide bonds. The molecular formula is C12H14ClN3O3S. The molecule has 0 saturated heterocycles. The Labute approximate surface area is 121 Å². The summed E-state index contributed by atoms with van der Waals surface area (Å²) in [6, 6.07) is 8.15. The third-order valence-electron chi connectivity index (χ3n) is 2.61. The normalized spacial score (nSPS) is 11.4. The van der Waals surface area contributed by atoms with Crippen LogP contribution in [-0.4, -0.2) is 30.2 Å². The van der Waals surface area contributed by atoms with Gasteiger partial charge in [0.15, 0.2) is 0 Å². The summed E-state index contributed by atoms with van der Waals surface area (Å²) < 4.78 is 25.9. The molecule has 0 unspecified atom stereocenters. The summed E-state index contributed by atoms with van der Waals surface area (Å²) in [6.45, 7) is 0. The number of nitrogens with one attached hydrogen (secondary N) is 3. The first-order valence-electron chi connectivity index (χ1n) is 5.95. The van der Waals surface area contributed by atoms with Crippen LogP contribution in [0.4, 0.5) is 5.69 Å². The number of aromatic nitrogens is 2. The van der Waals surface area contributed by atoms with Crippen molar-refractivity contribution < 1.29 is 8.42 Å². The SMILES string of the molecule is O=c1cc(-c2ccc(NS(=O)(=O)CCCCl)cc2)[nH][nH]1. The number of sulfonamides is 1. The molecule has 1 heterocycles. The third-order valence-corrected chi connectivity index (χ3v) is 4.25. The van der Waals surface area contributed by atoms with Gasteiger partial charge in [-0.1, -0.05) is 12.1 Å². The van der Waals surface area contributed by atoms with Crippen LogP contribution in [0.2, 0.25) is 0 Å². The van der Waals surface area contributed by atoms with E-state index in [0.29, 0.717) is 23.7 Å². The van der Waals surface area contributed by atoms with Gasteiger partial charge < -0.3 is 0 Å². The Bertz CT molecular complexity index is 719. The smallest absolute Gasteiger partial charge is 0.264 e. The summed E-state index contributed by atoms with van der Waals surface area (Å²) in [7, 11) is -3.37. The maximum Gasteiger partial charge on any atom is 0.264 e. The Morgan fingerprint density at radius 1 is 1.15 bits per heavy atom. The number of H-pyrrole nitrogens is 2. The van der Waals surface area contributed by atoms with E-state index >= 15 is 0 Å². The summed E-state index contributed by atoms with van der Waals surface area (Å²) in [6.07, 6.45) is 0.402. The van der Waals surface area contributed by atoms with Crippen LogP contribution in [0.15, 0.2) is 35.1 Å². The van der Waals surface area contributed by atoms with E-state index in [0.717, 1.165) is 5.56 Å². The highest BCUT2D eigenvalue weighted by molar-refractivity contribution is 7.92. The maximum absolute atomic E-state index is 11.7. The predicted molar refractivity (Wildman–Crippen MR) is 79.6 cm³/mol. The van der Waals surface area contributed by atoms with Crippen LogP contribution >= 0.6 is 11.6 Å². The largest absolute Gasteiger partial charge is 0.298 e. The van der Waals surface area contributed by atoms with Crippen LogP contribution < -0.4 is 10.3 Å². The number of rotatable bonds is 6. The number of alkyl halides is 1. The van der Waals surface area contributed by atoms with E-state index in [2.05, 4.69) is 14.9 Å². The van der Waals surface area contributed by atoms with Crippen LogP contribution in [-0.2, 0) is 10.0 Å². The molecule has 0 aliphatic heterocycles. The van der Waals surface area contributed by atoms with Gasteiger partial charge in [-0.25, -0.2) is 8.42 Å². The second-order valence-corrected chi connectivity index (χ2v) is 6.43. The Balaban J connectivity index is 2.11. The minimum Gasteiger partial charge on any atom is -0.298 e. The van der Waals surface area contributed by atoms with Crippen LogP contribution in [0.3, 0.4) is 0 Å². The molecule has 3 N–H and O–H groups in total. The third kappa shape index (κ3) is 3.88. The van der Waals surface area contributed by atoms with Crippen molar-refractivity contribution in [3.8, 4) is 11.3 Å². The Kier molecular flexibility index (Phi) is 4.51. The quantitative estimate of drug-likeness (QED) is 0.709. The molecule has 0 aliphatic rings. The van der Waals surface area contributed by atoms with E-state index in [9.17, 15) is 13.2 Å². The summed E-state index contributed by atoms with van der Waals surface area (Å²) in [5.74, 6) is 0.296. The lowest BCUT2D eigenvalue weighted by atomic mass is 10.1. The molecule has 6 nitrogen and oxygen atoms in total. The van der Waals surface area contributed by atoms with Crippen LogP contribution in [0.5, 0.6) is 0 Å². The highest BCUT2D eigenvalue weighted by Crippen LogP contribution is 2.18. The van der Waals surface area contributed by atoms with E-state index in [1.165, 1.54) is 6.07 Å². The fourth-order valence-corrected chi connectivity index (χ4v) is 3.09. The van der Waals surface area contributed by atoms with Crippen molar-refractivity contribution in [3.63, 3.8) is 0 Å². The molecule has 1 aromatic carbocycles. The molecule has 2 aromatic rings. The Morgan fingerprint density at radius 2 is 1.85 bits per heavy atom. The molecule has 2 rings (SSSR count). The van der Waals surface area contributed by atoms with Gasteiger partial charge in [-0.05, 0) is 24.1 Å². The lowest BCUT2D eigenvalue weighted by Crippen LogP contribution is -2.16. The second kappa shape index (κ2) is 6.15. The molecule has 0 bridgehead atoms. The summed E-state index contributed by atoms with van der Waals surface area (Å²) in [5.41, 5.74) is 1.69. The van der Waals surface area contributed by atoms with Crippen molar-refractivity contribution in [3.05, 3.63) is 40.7 Å². The van der Waals surface area contributed by atoms with Crippen molar-refractivity contribution >= 4 is 27.3 Å². The van der Waals surface area contributed by atoms with E-state index in [1.807, 2.05) is 0 Å². The minimum absolute atomic E-state index is 0.0105. The van der Waals surface area contributed by atoms with E-state index in [1.54, 1.807) is 24.3 Å². The van der Waals surface area contributed by atoms with Crippen LogP contribution in [0.25, 0.3) is 11.3 Å². The van der Waals surface area contributed by atoms with Gasteiger partial charge in [0.05, 0.1) is 11.4 Å². The van der Waals surface area contributed by atoms with Crippen molar-refractivity contribution in [2.24, 2.45) is 0 Å².